The molecule has 0 saturated heterocycles. The van der Waals surface area contributed by atoms with E-state index in [0.717, 1.165) is 33.3 Å². The number of anilines is 3. The molecule has 37 heavy (non-hydrogen) atoms. The van der Waals surface area contributed by atoms with Crippen LogP contribution in [-0.2, 0) is 21.1 Å². The van der Waals surface area contributed by atoms with E-state index in [1.54, 1.807) is 17.2 Å². The summed E-state index contributed by atoms with van der Waals surface area (Å²) in [5.74, 6) is 1.87. The first-order valence-corrected chi connectivity index (χ1v) is 11.5. The molecule has 0 atom stereocenters. The van der Waals surface area contributed by atoms with Crippen LogP contribution < -0.4 is 14.8 Å². The number of hydrogen-bond donors (Lipinski definition) is 0. The Labute approximate surface area is 227 Å². The fraction of sp³-hybridized carbons (Fsp3) is 0. The molecule has 7 rings (SSSR count). The fourth-order valence-corrected chi connectivity index (χ4v) is 4.68. The van der Waals surface area contributed by atoms with Gasteiger partial charge in [0.2, 0.25) is 0 Å². The zero-order valence-corrected chi connectivity index (χ0v) is 21.6. The third-order valence-electron chi connectivity index (χ3n) is 6.26. The summed E-state index contributed by atoms with van der Waals surface area (Å²) < 4.78 is 22.7. The number of halogens is 1. The van der Waals surface area contributed by atoms with Crippen LogP contribution in [0.1, 0.15) is 0 Å². The number of fused-ring (bicyclic) bond motifs is 4. The van der Waals surface area contributed by atoms with Crippen LogP contribution in [0.2, 0.25) is 0 Å². The number of aromatic nitrogens is 2. The molecule has 3 heterocycles. The van der Waals surface area contributed by atoms with Crippen molar-refractivity contribution in [3.8, 4) is 17.3 Å². The van der Waals surface area contributed by atoms with Crippen LogP contribution >= 0.6 is 0 Å². The standard InChI is InChI=1S/C30H18FN4O.Pt/c31-34-20-33(27-12-3-4-13-28(27)34)21-8-7-9-22(18-21)36-23-15-16-25-24-10-1-2-11-26(24)35(29(25)19-23)30-14-5-6-17-32-30;/h1-17,20H;/q-3;. The number of benzene rings is 4. The number of rotatable bonds is 4. The number of nitrogens with zero attached hydrogens (tertiary/aromatic N) is 4. The van der Waals surface area contributed by atoms with Crippen LogP contribution in [0.3, 0.4) is 0 Å². The molecule has 0 aliphatic carbocycles. The topological polar surface area (TPSA) is 33.5 Å². The third kappa shape index (κ3) is 3.94. The van der Waals surface area contributed by atoms with E-state index >= 15 is 0 Å². The molecule has 4 aromatic carbocycles. The maximum absolute atomic E-state index is 14.4. The SMILES string of the molecule is FN1[CH-]N(c2[c-]c(Oc3[c-]c4c(cc3)c3ccccc3n4-c3ccccn3)ccc2)c2ccccc21.[Pt]. The Hall–Kier alpha value is -4.15. The summed E-state index contributed by atoms with van der Waals surface area (Å²) in [6, 6.07) is 37.5. The van der Waals surface area contributed by atoms with Crippen molar-refractivity contribution in [2.75, 3.05) is 10.0 Å². The summed E-state index contributed by atoms with van der Waals surface area (Å²) in [5.41, 5.74) is 3.81. The molecule has 6 aromatic rings. The maximum Gasteiger partial charge on any atom is 0.135 e. The number of pyridine rings is 1. The molecule has 0 unspecified atom stereocenters. The Morgan fingerprint density at radius 3 is 2.38 bits per heavy atom. The van der Waals surface area contributed by atoms with E-state index in [4.69, 9.17) is 4.74 Å². The van der Waals surface area contributed by atoms with Gasteiger partial charge in [0.05, 0.1) is 5.69 Å². The molecule has 0 saturated carbocycles. The smallest absolute Gasteiger partial charge is 0.135 e. The minimum absolute atomic E-state index is 0. The second-order valence-corrected chi connectivity index (χ2v) is 8.41. The van der Waals surface area contributed by atoms with Crippen molar-refractivity contribution in [2.24, 2.45) is 0 Å². The Balaban J connectivity index is 0.00000252. The van der Waals surface area contributed by atoms with Gasteiger partial charge in [0.1, 0.15) is 5.82 Å². The van der Waals surface area contributed by atoms with Crippen molar-refractivity contribution in [2.45, 2.75) is 0 Å². The maximum atomic E-state index is 14.4. The van der Waals surface area contributed by atoms with Crippen LogP contribution in [-0.4, -0.2) is 9.55 Å². The average molecular weight is 665 g/mol. The largest absolute Gasteiger partial charge is 0.509 e. The monoisotopic (exact) mass is 664 g/mol. The summed E-state index contributed by atoms with van der Waals surface area (Å²) in [6.07, 6.45) is 1.78. The second-order valence-electron chi connectivity index (χ2n) is 8.41. The van der Waals surface area contributed by atoms with E-state index in [1.165, 1.54) is 6.67 Å². The first-order valence-electron chi connectivity index (χ1n) is 11.5. The van der Waals surface area contributed by atoms with Gasteiger partial charge in [-0.1, -0.05) is 41.9 Å². The van der Waals surface area contributed by atoms with Crippen molar-refractivity contribution in [3.63, 3.8) is 0 Å². The summed E-state index contributed by atoms with van der Waals surface area (Å²) >= 11 is 0. The van der Waals surface area contributed by atoms with E-state index < -0.39 is 0 Å². The molecule has 0 amide bonds. The number of para-hydroxylation sites is 3. The van der Waals surface area contributed by atoms with Crippen molar-refractivity contribution in [1.82, 2.24) is 9.55 Å². The fourth-order valence-electron chi connectivity index (χ4n) is 4.68. The average Bonchev–Trinajstić information content (AvgIpc) is 3.44. The summed E-state index contributed by atoms with van der Waals surface area (Å²) in [6.45, 7) is 1.39. The van der Waals surface area contributed by atoms with Crippen LogP contribution in [0.4, 0.5) is 21.5 Å². The van der Waals surface area contributed by atoms with E-state index in [2.05, 4.69) is 33.8 Å². The minimum Gasteiger partial charge on any atom is -0.509 e. The van der Waals surface area contributed by atoms with Gasteiger partial charge in [0, 0.05) is 50.0 Å². The van der Waals surface area contributed by atoms with Gasteiger partial charge in [-0.3, -0.25) is 0 Å². The van der Waals surface area contributed by atoms with Gasteiger partial charge in [-0.2, -0.15) is 12.1 Å². The quantitative estimate of drug-likeness (QED) is 0.144. The van der Waals surface area contributed by atoms with Gasteiger partial charge >= 0.3 is 0 Å². The third-order valence-corrected chi connectivity index (χ3v) is 6.26. The summed E-state index contributed by atoms with van der Waals surface area (Å²) in [5, 5.41) is 2.79. The molecule has 0 N–H and O–H groups in total. The molecular formula is C30H18FN4OPt-3. The Morgan fingerprint density at radius 2 is 1.51 bits per heavy atom. The Morgan fingerprint density at radius 1 is 0.730 bits per heavy atom. The van der Waals surface area contributed by atoms with E-state index in [-0.39, 0.29) is 21.1 Å². The molecule has 7 heteroatoms. The van der Waals surface area contributed by atoms with Crippen LogP contribution in [0.5, 0.6) is 11.5 Å². The molecule has 1 aliphatic heterocycles. The molecule has 0 fully saturated rings. The normalized spacial score (nSPS) is 12.6. The van der Waals surface area contributed by atoms with E-state index in [9.17, 15) is 4.48 Å². The van der Waals surface area contributed by atoms with Gasteiger partial charge < -0.3 is 19.3 Å². The van der Waals surface area contributed by atoms with Crippen molar-refractivity contribution < 1.29 is 30.3 Å². The first kappa shape index (κ1) is 23.3. The van der Waals surface area contributed by atoms with Crippen LogP contribution in [0.25, 0.3) is 27.6 Å². The molecule has 5 nitrogen and oxygen atoms in total. The number of ether oxygens (including phenoxy) is 1. The predicted octanol–water partition coefficient (Wildman–Crippen LogP) is 7.53. The van der Waals surface area contributed by atoms with Gasteiger partial charge in [-0.05, 0) is 35.7 Å². The van der Waals surface area contributed by atoms with E-state index in [0.29, 0.717) is 28.0 Å². The van der Waals surface area contributed by atoms with Gasteiger partial charge in [-0.25, -0.2) is 4.98 Å². The molecular weight excluding hydrogens is 646 g/mol. The zero-order valence-electron chi connectivity index (χ0n) is 19.3. The van der Waals surface area contributed by atoms with Gasteiger partial charge in [0.15, 0.2) is 0 Å². The summed E-state index contributed by atoms with van der Waals surface area (Å²) in [7, 11) is 0. The molecule has 2 aromatic heterocycles. The van der Waals surface area contributed by atoms with Crippen molar-refractivity contribution in [1.29, 1.82) is 0 Å². The molecule has 0 radical (unpaired) electrons. The molecule has 0 bridgehead atoms. The van der Waals surface area contributed by atoms with Gasteiger partial charge in [0.25, 0.3) is 0 Å². The van der Waals surface area contributed by atoms with E-state index in [1.807, 2.05) is 78.9 Å². The van der Waals surface area contributed by atoms with Crippen molar-refractivity contribution >= 4 is 38.9 Å². The first-order chi connectivity index (χ1) is 17.8. The molecule has 0 spiro atoms. The molecule has 1 aliphatic rings. The predicted molar refractivity (Wildman–Crippen MR) is 139 cm³/mol. The second kappa shape index (κ2) is 9.38. The van der Waals surface area contributed by atoms with Crippen LogP contribution in [0, 0.1) is 18.8 Å². The van der Waals surface area contributed by atoms with Crippen molar-refractivity contribution in [3.05, 3.63) is 122 Å². The molecule has 184 valence electrons. The zero-order chi connectivity index (χ0) is 24.1. The van der Waals surface area contributed by atoms with Crippen LogP contribution in [0.15, 0.2) is 103 Å². The Kier molecular flexibility index (Phi) is 5.90. The minimum atomic E-state index is 0. The summed E-state index contributed by atoms with van der Waals surface area (Å²) in [4.78, 5) is 6.31. The van der Waals surface area contributed by atoms with Gasteiger partial charge in [-0.15, -0.1) is 52.6 Å². The Bertz CT molecular complexity index is 1740. The number of hydrogen-bond acceptors (Lipinski definition) is 4.